The van der Waals surface area contributed by atoms with Crippen molar-refractivity contribution in [1.29, 1.82) is 0 Å². The zero-order valence-corrected chi connectivity index (χ0v) is 20.0. The Kier molecular flexibility index (Phi) is 8.28. The fraction of sp³-hybridized carbons (Fsp3) is 0.407. The fourth-order valence-corrected chi connectivity index (χ4v) is 4.11. The number of amides is 1. The number of benzene rings is 2. The van der Waals surface area contributed by atoms with Gasteiger partial charge in [0.25, 0.3) is 11.7 Å². The summed E-state index contributed by atoms with van der Waals surface area (Å²) in [7, 11) is 0. The normalized spacial score (nSPS) is 17.7. The molecule has 0 aliphatic carbocycles. The topological polar surface area (TPSA) is 70.1 Å². The molecule has 0 aromatic heterocycles. The summed E-state index contributed by atoms with van der Waals surface area (Å²) in [5.74, 6) is -0.708. The summed E-state index contributed by atoms with van der Waals surface area (Å²) in [6.07, 6.45) is 0.875. The molecule has 2 aromatic rings. The molecule has 3 rings (SSSR count). The number of aliphatic hydroxyl groups excluding tert-OH is 1. The quantitative estimate of drug-likeness (QED) is 0.327. The van der Waals surface area contributed by atoms with Gasteiger partial charge >= 0.3 is 0 Å². The Hall–Kier alpha value is -3.12. The number of carbonyl (C=O) groups is 2. The lowest BCUT2D eigenvalue weighted by molar-refractivity contribution is -0.140. The molecular weight excluding hydrogens is 416 g/mol. The predicted molar refractivity (Wildman–Crippen MR) is 130 cm³/mol. The van der Waals surface area contributed by atoms with Gasteiger partial charge in [0.1, 0.15) is 11.5 Å². The van der Waals surface area contributed by atoms with Gasteiger partial charge in [0.05, 0.1) is 18.2 Å². The van der Waals surface area contributed by atoms with E-state index in [0.717, 1.165) is 30.6 Å². The van der Waals surface area contributed by atoms with Crippen LogP contribution in [0.3, 0.4) is 0 Å². The molecule has 1 amide bonds. The number of rotatable bonds is 10. The molecule has 1 N–H and O–H groups in total. The van der Waals surface area contributed by atoms with Gasteiger partial charge in [0, 0.05) is 18.7 Å². The van der Waals surface area contributed by atoms with Crippen LogP contribution < -0.4 is 4.74 Å². The van der Waals surface area contributed by atoms with Gasteiger partial charge in [-0.1, -0.05) is 62.7 Å². The van der Waals surface area contributed by atoms with Crippen LogP contribution in [0.5, 0.6) is 5.75 Å². The number of ketones is 1. The van der Waals surface area contributed by atoms with Crippen LogP contribution in [0.4, 0.5) is 0 Å². The lowest BCUT2D eigenvalue weighted by atomic mass is 9.95. The first-order valence-corrected chi connectivity index (χ1v) is 11.7. The van der Waals surface area contributed by atoms with Crippen LogP contribution in [0, 0.1) is 6.92 Å². The van der Waals surface area contributed by atoms with Gasteiger partial charge in [-0.3, -0.25) is 9.59 Å². The van der Waals surface area contributed by atoms with E-state index in [4.69, 9.17) is 4.74 Å². The van der Waals surface area contributed by atoms with E-state index in [0.29, 0.717) is 31.0 Å². The molecule has 6 heteroatoms. The number of aryl methyl sites for hydroxylation is 1. The summed E-state index contributed by atoms with van der Waals surface area (Å²) in [6.45, 7) is 11.5. The molecule has 1 heterocycles. The van der Waals surface area contributed by atoms with Gasteiger partial charge in [-0.05, 0) is 44.1 Å². The van der Waals surface area contributed by atoms with Crippen molar-refractivity contribution >= 4 is 17.4 Å². The van der Waals surface area contributed by atoms with Crippen LogP contribution >= 0.6 is 0 Å². The van der Waals surface area contributed by atoms with Crippen LogP contribution in [0.1, 0.15) is 49.9 Å². The number of likely N-dealkylation sites (N-methyl/N-ethyl adjacent to an activating group) is 1. The zero-order valence-electron chi connectivity index (χ0n) is 20.0. The van der Waals surface area contributed by atoms with Gasteiger partial charge < -0.3 is 19.6 Å². The number of likely N-dealkylation sites (tertiary alicyclic amines) is 1. The van der Waals surface area contributed by atoms with Crippen molar-refractivity contribution in [1.82, 2.24) is 9.80 Å². The van der Waals surface area contributed by atoms with Crippen molar-refractivity contribution in [2.24, 2.45) is 0 Å². The third-order valence-corrected chi connectivity index (χ3v) is 6.06. The molecule has 0 saturated carbocycles. The van der Waals surface area contributed by atoms with Crippen LogP contribution in [0.25, 0.3) is 5.76 Å². The summed E-state index contributed by atoms with van der Waals surface area (Å²) in [6, 6.07) is 14.1. The average Bonchev–Trinajstić information content (AvgIpc) is 3.08. The smallest absolute Gasteiger partial charge is 0.295 e. The minimum atomic E-state index is -0.674. The number of ether oxygens (including phenoxy) is 1. The maximum absolute atomic E-state index is 13.2. The molecule has 1 aliphatic rings. The maximum Gasteiger partial charge on any atom is 0.295 e. The highest BCUT2D eigenvalue weighted by molar-refractivity contribution is 6.46. The monoisotopic (exact) mass is 450 g/mol. The summed E-state index contributed by atoms with van der Waals surface area (Å²) in [4.78, 5) is 30.1. The van der Waals surface area contributed by atoms with Gasteiger partial charge in [0.15, 0.2) is 0 Å². The van der Waals surface area contributed by atoms with E-state index < -0.39 is 17.7 Å². The van der Waals surface area contributed by atoms with Crippen molar-refractivity contribution in [3.05, 3.63) is 70.8 Å². The van der Waals surface area contributed by atoms with Crippen molar-refractivity contribution in [2.45, 2.75) is 40.2 Å². The molecule has 1 atom stereocenters. The molecule has 33 heavy (non-hydrogen) atoms. The van der Waals surface area contributed by atoms with Gasteiger partial charge in [0.2, 0.25) is 0 Å². The molecular formula is C27H34N2O4. The molecule has 1 fully saturated rings. The first-order valence-electron chi connectivity index (χ1n) is 11.7. The summed E-state index contributed by atoms with van der Waals surface area (Å²) >= 11 is 0. The van der Waals surface area contributed by atoms with Crippen molar-refractivity contribution in [2.75, 3.05) is 32.8 Å². The van der Waals surface area contributed by atoms with Crippen LogP contribution in [0.15, 0.2) is 54.1 Å². The zero-order chi connectivity index (χ0) is 24.0. The standard InChI is InChI=1S/C27H34N2O4/c1-5-17-33-22-10-8-9-21(18-22)24-23(25(30)20-13-11-19(4)12-14-20)26(31)27(32)29(24)16-15-28(6-2)7-3/h8-14,18,24,30H,5-7,15-17H2,1-4H3/t24-/m1/s1. The van der Waals surface area contributed by atoms with Gasteiger partial charge in [-0.25, -0.2) is 0 Å². The Morgan fingerprint density at radius 1 is 1.06 bits per heavy atom. The molecule has 1 aliphatic heterocycles. The second-order valence-corrected chi connectivity index (χ2v) is 8.31. The lowest BCUT2D eigenvalue weighted by Gasteiger charge is -2.28. The molecule has 6 nitrogen and oxygen atoms in total. The average molecular weight is 451 g/mol. The Balaban J connectivity index is 2.08. The Labute approximate surface area is 196 Å². The van der Waals surface area contributed by atoms with E-state index in [-0.39, 0.29) is 11.3 Å². The van der Waals surface area contributed by atoms with Gasteiger partial charge in [-0.15, -0.1) is 0 Å². The summed E-state index contributed by atoms with van der Waals surface area (Å²) < 4.78 is 5.80. The lowest BCUT2D eigenvalue weighted by Crippen LogP contribution is -2.38. The molecule has 0 unspecified atom stereocenters. The van der Waals surface area contributed by atoms with Crippen molar-refractivity contribution in [3.63, 3.8) is 0 Å². The highest BCUT2D eigenvalue weighted by atomic mass is 16.5. The molecule has 0 spiro atoms. The third kappa shape index (κ3) is 5.45. The van der Waals surface area contributed by atoms with E-state index >= 15 is 0 Å². The highest BCUT2D eigenvalue weighted by Crippen LogP contribution is 2.40. The number of hydrogen-bond donors (Lipinski definition) is 1. The summed E-state index contributed by atoms with van der Waals surface area (Å²) in [5, 5.41) is 11.2. The number of aliphatic hydroxyl groups is 1. The minimum Gasteiger partial charge on any atom is -0.507 e. The van der Waals surface area contributed by atoms with Crippen LogP contribution in [-0.2, 0) is 9.59 Å². The molecule has 176 valence electrons. The maximum atomic E-state index is 13.2. The number of nitrogens with zero attached hydrogens (tertiary/aromatic N) is 2. The fourth-order valence-electron chi connectivity index (χ4n) is 4.11. The third-order valence-electron chi connectivity index (χ3n) is 6.06. The molecule has 0 radical (unpaired) electrons. The first kappa shape index (κ1) is 24.5. The Morgan fingerprint density at radius 2 is 1.76 bits per heavy atom. The van der Waals surface area contributed by atoms with Crippen molar-refractivity contribution < 1.29 is 19.4 Å². The SMILES string of the molecule is CCCOc1cccc([C@@H]2C(=C(O)c3ccc(C)cc3)C(=O)C(=O)N2CCN(CC)CC)c1. The molecule has 2 aromatic carbocycles. The second kappa shape index (κ2) is 11.1. The van der Waals surface area contributed by atoms with E-state index in [1.807, 2.05) is 50.2 Å². The highest BCUT2D eigenvalue weighted by Gasteiger charge is 2.46. The molecule has 1 saturated heterocycles. The van der Waals surface area contributed by atoms with Crippen molar-refractivity contribution in [3.8, 4) is 5.75 Å². The largest absolute Gasteiger partial charge is 0.507 e. The second-order valence-electron chi connectivity index (χ2n) is 8.31. The van der Waals surface area contributed by atoms with Gasteiger partial charge in [-0.2, -0.15) is 0 Å². The minimum absolute atomic E-state index is 0.121. The number of hydrogen-bond acceptors (Lipinski definition) is 5. The van der Waals surface area contributed by atoms with E-state index in [9.17, 15) is 14.7 Å². The van der Waals surface area contributed by atoms with E-state index in [2.05, 4.69) is 18.7 Å². The Bertz CT molecular complexity index is 1010. The van der Waals surface area contributed by atoms with Crippen LogP contribution in [0.2, 0.25) is 0 Å². The van der Waals surface area contributed by atoms with E-state index in [1.54, 1.807) is 17.0 Å². The number of Topliss-reactive ketones (excluding diaryl/α,β-unsaturated/α-hetero) is 1. The molecule has 0 bridgehead atoms. The van der Waals surface area contributed by atoms with Crippen LogP contribution in [-0.4, -0.2) is 59.4 Å². The predicted octanol–water partition coefficient (Wildman–Crippen LogP) is 4.55. The summed E-state index contributed by atoms with van der Waals surface area (Å²) in [5.41, 5.74) is 2.43. The first-order chi connectivity index (χ1) is 15.9. The van der Waals surface area contributed by atoms with E-state index in [1.165, 1.54) is 0 Å². The Morgan fingerprint density at radius 3 is 2.39 bits per heavy atom. The number of carbonyl (C=O) groups excluding carboxylic acids is 2.